The van der Waals surface area contributed by atoms with Gasteiger partial charge in [0, 0.05) is 12.7 Å². The van der Waals surface area contributed by atoms with Gasteiger partial charge in [0.15, 0.2) is 0 Å². The smallest absolute Gasteiger partial charge is 0.253 e. The van der Waals surface area contributed by atoms with Crippen LogP contribution in [0, 0.1) is 0 Å². The molecular formula is C11H15NO3. The molecule has 1 aromatic rings. The fourth-order valence-electron chi connectivity index (χ4n) is 1.07. The van der Waals surface area contributed by atoms with Crippen LogP contribution in [0.25, 0.3) is 0 Å². The molecule has 1 N–H and O–H groups in total. The number of amides is 1. The Hall–Kier alpha value is -1.55. The van der Waals surface area contributed by atoms with Gasteiger partial charge in [-0.3, -0.25) is 4.79 Å². The van der Waals surface area contributed by atoms with Crippen molar-refractivity contribution in [1.29, 1.82) is 0 Å². The minimum atomic E-state index is -0.292. The van der Waals surface area contributed by atoms with Crippen LogP contribution < -0.4 is 10.1 Å². The number of rotatable bonds is 4. The monoisotopic (exact) mass is 209 g/mol. The Balaban J connectivity index is 2.66. The molecule has 1 amide bonds. The molecule has 82 valence electrons. The van der Waals surface area contributed by atoms with E-state index in [0.29, 0.717) is 5.56 Å². The Labute approximate surface area is 89.2 Å². The van der Waals surface area contributed by atoms with E-state index in [4.69, 9.17) is 9.47 Å². The van der Waals surface area contributed by atoms with Crippen LogP contribution >= 0.6 is 0 Å². The first-order chi connectivity index (χ1) is 7.17. The quantitative estimate of drug-likeness (QED) is 0.763. The van der Waals surface area contributed by atoms with Gasteiger partial charge in [-0.15, -0.1) is 0 Å². The molecule has 1 atom stereocenters. The minimum absolute atomic E-state index is 0.160. The number of hydrogen-bond acceptors (Lipinski definition) is 3. The van der Waals surface area contributed by atoms with Crippen LogP contribution in [0.2, 0.25) is 0 Å². The molecule has 0 bridgehead atoms. The van der Waals surface area contributed by atoms with Crippen molar-refractivity contribution in [3.8, 4) is 5.75 Å². The minimum Gasteiger partial charge on any atom is -0.497 e. The highest BCUT2D eigenvalue weighted by molar-refractivity contribution is 5.94. The van der Waals surface area contributed by atoms with Crippen molar-refractivity contribution in [1.82, 2.24) is 5.32 Å². The summed E-state index contributed by atoms with van der Waals surface area (Å²) in [5.41, 5.74) is 0.583. The second kappa shape index (κ2) is 5.36. The number of ether oxygens (including phenoxy) is 2. The highest BCUT2D eigenvalue weighted by Gasteiger charge is 2.08. The van der Waals surface area contributed by atoms with E-state index in [9.17, 15) is 4.79 Å². The average Bonchev–Trinajstić information content (AvgIpc) is 2.29. The zero-order chi connectivity index (χ0) is 11.3. The van der Waals surface area contributed by atoms with Crippen LogP contribution in [0.1, 0.15) is 17.3 Å². The van der Waals surface area contributed by atoms with E-state index in [2.05, 4.69) is 5.32 Å². The first-order valence-electron chi connectivity index (χ1n) is 4.65. The predicted molar refractivity (Wildman–Crippen MR) is 56.9 cm³/mol. The fourth-order valence-corrected chi connectivity index (χ4v) is 1.07. The molecule has 1 rings (SSSR count). The lowest BCUT2D eigenvalue weighted by molar-refractivity contribution is 0.0658. The van der Waals surface area contributed by atoms with E-state index >= 15 is 0 Å². The van der Waals surface area contributed by atoms with Crippen LogP contribution in [0.15, 0.2) is 24.3 Å². The zero-order valence-electron chi connectivity index (χ0n) is 9.11. The Bertz CT molecular complexity index is 321. The van der Waals surface area contributed by atoms with Gasteiger partial charge in [0.05, 0.1) is 7.11 Å². The first kappa shape index (κ1) is 11.5. The van der Waals surface area contributed by atoms with Crippen molar-refractivity contribution in [2.45, 2.75) is 13.2 Å². The number of benzene rings is 1. The molecule has 4 nitrogen and oxygen atoms in total. The lowest BCUT2D eigenvalue weighted by Gasteiger charge is -2.11. The molecule has 0 saturated carbocycles. The normalized spacial score (nSPS) is 11.9. The van der Waals surface area contributed by atoms with Gasteiger partial charge < -0.3 is 14.8 Å². The van der Waals surface area contributed by atoms with Gasteiger partial charge in [-0.2, -0.15) is 0 Å². The second-order valence-electron chi connectivity index (χ2n) is 3.08. The molecule has 0 aliphatic heterocycles. The molecule has 0 saturated heterocycles. The number of carbonyl (C=O) groups is 1. The van der Waals surface area contributed by atoms with Crippen molar-refractivity contribution in [2.75, 3.05) is 14.2 Å². The molecular weight excluding hydrogens is 194 g/mol. The molecule has 0 heterocycles. The summed E-state index contributed by atoms with van der Waals surface area (Å²) >= 11 is 0. The van der Waals surface area contributed by atoms with Gasteiger partial charge in [0.25, 0.3) is 5.91 Å². The maximum Gasteiger partial charge on any atom is 0.253 e. The SMILES string of the molecule is COc1ccc(C(=O)NC(C)OC)cc1. The second-order valence-corrected chi connectivity index (χ2v) is 3.08. The van der Waals surface area contributed by atoms with Crippen LogP contribution in [-0.2, 0) is 4.74 Å². The first-order valence-corrected chi connectivity index (χ1v) is 4.65. The van der Waals surface area contributed by atoms with E-state index in [1.807, 2.05) is 0 Å². The molecule has 1 aromatic carbocycles. The fraction of sp³-hybridized carbons (Fsp3) is 0.364. The van der Waals surface area contributed by atoms with Crippen LogP contribution in [0.4, 0.5) is 0 Å². The third kappa shape index (κ3) is 3.25. The summed E-state index contributed by atoms with van der Waals surface area (Å²) in [5.74, 6) is 0.568. The highest BCUT2D eigenvalue weighted by Crippen LogP contribution is 2.11. The van der Waals surface area contributed by atoms with Gasteiger partial charge in [0.2, 0.25) is 0 Å². The third-order valence-electron chi connectivity index (χ3n) is 2.04. The molecule has 1 unspecified atom stereocenters. The summed E-state index contributed by atoms with van der Waals surface area (Å²) in [6, 6.07) is 6.89. The van der Waals surface area contributed by atoms with E-state index in [1.54, 1.807) is 45.4 Å². The van der Waals surface area contributed by atoms with Gasteiger partial charge in [-0.05, 0) is 31.2 Å². The van der Waals surface area contributed by atoms with Crippen molar-refractivity contribution in [3.63, 3.8) is 0 Å². The third-order valence-corrected chi connectivity index (χ3v) is 2.04. The van der Waals surface area contributed by atoms with Crippen molar-refractivity contribution in [3.05, 3.63) is 29.8 Å². The maximum atomic E-state index is 11.6. The van der Waals surface area contributed by atoms with E-state index < -0.39 is 0 Å². The van der Waals surface area contributed by atoms with Gasteiger partial charge in [-0.25, -0.2) is 0 Å². The molecule has 15 heavy (non-hydrogen) atoms. The summed E-state index contributed by atoms with van der Waals surface area (Å²) in [4.78, 5) is 11.6. The summed E-state index contributed by atoms with van der Waals surface area (Å²) in [6.45, 7) is 1.77. The summed E-state index contributed by atoms with van der Waals surface area (Å²) in [7, 11) is 3.13. The largest absolute Gasteiger partial charge is 0.497 e. The molecule has 0 radical (unpaired) electrons. The molecule has 0 aromatic heterocycles. The molecule has 4 heteroatoms. The average molecular weight is 209 g/mol. The van der Waals surface area contributed by atoms with Crippen molar-refractivity contribution in [2.24, 2.45) is 0 Å². The van der Waals surface area contributed by atoms with Crippen LogP contribution in [0.5, 0.6) is 5.75 Å². The Morgan fingerprint density at radius 2 is 1.87 bits per heavy atom. The Morgan fingerprint density at radius 1 is 1.27 bits per heavy atom. The number of nitrogens with one attached hydrogen (secondary N) is 1. The van der Waals surface area contributed by atoms with Crippen molar-refractivity contribution < 1.29 is 14.3 Å². The summed E-state index contributed by atoms with van der Waals surface area (Å²) in [6.07, 6.45) is -0.292. The van der Waals surface area contributed by atoms with E-state index in [1.165, 1.54) is 0 Å². The summed E-state index contributed by atoms with van der Waals surface area (Å²) < 4.78 is 9.93. The number of carbonyl (C=O) groups excluding carboxylic acids is 1. The zero-order valence-corrected chi connectivity index (χ0v) is 9.11. The van der Waals surface area contributed by atoms with Gasteiger partial charge >= 0.3 is 0 Å². The number of hydrogen-bond donors (Lipinski definition) is 1. The number of methoxy groups -OCH3 is 2. The van der Waals surface area contributed by atoms with E-state index in [-0.39, 0.29) is 12.1 Å². The van der Waals surface area contributed by atoms with E-state index in [0.717, 1.165) is 5.75 Å². The lowest BCUT2D eigenvalue weighted by Crippen LogP contribution is -2.33. The van der Waals surface area contributed by atoms with Crippen LogP contribution in [0.3, 0.4) is 0 Å². The molecule has 0 aliphatic carbocycles. The highest BCUT2D eigenvalue weighted by atomic mass is 16.5. The topological polar surface area (TPSA) is 47.6 Å². The Morgan fingerprint density at radius 3 is 2.33 bits per heavy atom. The maximum absolute atomic E-state index is 11.6. The molecule has 0 fully saturated rings. The van der Waals surface area contributed by atoms with Crippen molar-refractivity contribution >= 4 is 5.91 Å². The standard InChI is InChI=1S/C11H15NO3/c1-8(14-2)12-11(13)9-4-6-10(15-3)7-5-9/h4-8H,1-3H3,(H,12,13). The molecule has 0 aliphatic rings. The van der Waals surface area contributed by atoms with Crippen LogP contribution in [-0.4, -0.2) is 26.4 Å². The van der Waals surface area contributed by atoms with Gasteiger partial charge in [0.1, 0.15) is 12.0 Å². The predicted octanol–water partition coefficient (Wildman–Crippen LogP) is 1.42. The van der Waals surface area contributed by atoms with Gasteiger partial charge in [-0.1, -0.05) is 0 Å². The lowest BCUT2D eigenvalue weighted by atomic mass is 10.2. The summed E-state index contributed by atoms with van der Waals surface area (Å²) in [5, 5.41) is 2.68. The molecule has 0 spiro atoms. The Kier molecular flexibility index (Phi) is 4.12.